The number of hydrogen-bond acceptors (Lipinski definition) is 4. The van der Waals surface area contributed by atoms with E-state index in [1.54, 1.807) is 0 Å². The summed E-state index contributed by atoms with van der Waals surface area (Å²) in [6.45, 7) is 26.7. The maximum atomic E-state index is 11.4. The summed E-state index contributed by atoms with van der Waals surface area (Å²) in [5.41, 5.74) is 6.69. The largest absolute Gasteiger partial charge is 0.507 e. The quantitative estimate of drug-likeness (QED) is 0.325. The second kappa shape index (κ2) is 12.8. The fraction of sp³-hybridized carbons (Fsp3) is 0.676. The van der Waals surface area contributed by atoms with Crippen molar-refractivity contribution in [3.05, 3.63) is 57.6 Å². The van der Waals surface area contributed by atoms with Crippen molar-refractivity contribution in [3.8, 4) is 11.5 Å². The van der Waals surface area contributed by atoms with Gasteiger partial charge in [0.2, 0.25) is 0 Å². The summed E-state index contributed by atoms with van der Waals surface area (Å²) < 4.78 is 0. The molecule has 0 aliphatic heterocycles. The number of phenolic OH excluding ortho intramolecular Hbond substituents is 2. The lowest BCUT2D eigenvalue weighted by Crippen LogP contribution is -2.20. The van der Waals surface area contributed by atoms with Gasteiger partial charge in [-0.05, 0) is 56.8 Å². The third-order valence-electron chi connectivity index (χ3n) is 8.52. The van der Waals surface area contributed by atoms with E-state index in [-0.39, 0.29) is 21.7 Å². The Morgan fingerprint density at radius 3 is 1.17 bits per heavy atom. The van der Waals surface area contributed by atoms with Gasteiger partial charge in [-0.25, -0.2) is 0 Å². The van der Waals surface area contributed by atoms with Crippen molar-refractivity contribution in [1.82, 2.24) is 0 Å². The number of thioether (sulfide) groups is 2. The van der Waals surface area contributed by atoms with Crippen molar-refractivity contribution in [3.63, 3.8) is 0 Å². The molecule has 0 radical (unpaired) electrons. The highest BCUT2D eigenvalue weighted by Crippen LogP contribution is 2.44. The summed E-state index contributed by atoms with van der Waals surface area (Å²) in [5, 5.41) is 23.8. The Kier molecular flexibility index (Phi) is 10.7. The summed E-state index contributed by atoms with van der Waals surface area (Å²) in [6.07, 6.45) is 6.28. The smallest absolute Gasteiger partial charge is 0.123 e. The highest BCUT2D eigenvalue weighted by Gasteiger charge is 2.30. The summed E-state index contributed by atoms with van der Waals surface area (Å²) in [7, 11) is 0. The van der Waals surface area contributed by atoms with Crippen LogP contribution in [0, 0.1) is 0 Å². The molecule has 4 heteroatoms. The van der Waals surface area contributed by atoms with Crippen molar-refractivity contribution in [2.75, 3.05) is 0 Å². The van der Waals surface area contributed by atoms with Gasteiger partial charge in [0, 0.05) is 33.1 Å². The van der Waals surface area contributed by atoms with Crippen molar-refractivity contribution in [2.24, 2.45) is 0 Å². The van der Waals surface area contributed by atoms with Crippen LogP contribution in [0.2, 0.25) is 0 Å². The van der Waals surface area contributed by atoms with Crippen LogP contribution in [0.3, 0.4) is 0 Å². The zero-order chi connectivity index (χ0) is 31.0. The minimum atomic E-state index is -0.110. The highest BCUT2D eigenvalue weighted by molar-refractivity contribution is 8.03. The number of rotatable bonds is 6. The molecule has 1 saturated carbocycles. The monoisotopic (exact) mass is 598 g/mol. The average Bonchev–Trinajstić information content (AvgIpc) is 3.04. The standard InChI is InChI=1S/C37H58O2S2/c1-34(2,3)26-18-24(32(38)28(20-26)36(7,8)9)22-40-30-16-14-13-15-17-31(30)41-23-25-19-27(35(4,5)6)21-29(33(25)39)37(10,11)12/h18-21,30-31,38-39H,13-17,22-23H2,1-12H3/t30-,31-/m1/s1. The summed E-state index contributed by atoms with van der Waals surface area (Å²) in [5.74, 6) is 2.63. The van der Waals surface area contributed by atoms with Crippen LogP contribution in [0.4, 0.5) is 0 Å². The molecule has 0 saturated heterocycles. The molecule has 2 aromatic rings. The number of benzene rings is 2. The fourth-order valence-electron chi connectivity index (χ4n) is 5.63. The normalized spacial score (nSPS) is 19.3. The van der Waals surface area contributed by atoms with Gasteiger partial charge in [-0.2, -0.15) is 23.5 Å². The Labute approximate surface area is 260 Å². The highest BCUT2D eigenvalue weighted by atomic mass is 32.2. The van der Waals surface area contributed by atoms with E-state index in [4.69, 9.17) is 0 Å². The molecule has 1 fully saturated rings. The first-order valence-electron chi connectivity index (χ1n) is 15.7. The first kappa shape index (κ1) is 34.2. The van der Waals surface area contributed by atoms with Gasteiger partial charge in [-0.1, -0.05) is 127 Å². The van der Waals surface area contributed by atoms with Crippen LogP contribution in [0.25, 0.3) is 0 Å². The van der Waals surface area contributed by atoms with Gasteiger partial charge in [0.05, 0.1) is 0 Å². The van der Waals surface area contributed by atoms with Crippen LogP contribution in [-0.2, 0) is 33.2 Å². The molecule has 2 nitrogen and oxygen atoms in total. The minimum absolute atomic E-state index is 0.0311. The second-order valence-electron chi connectivity index (χ2n) is 16.4. The first-order chi connectivity index (χ1) is 18.7. The van der Waals surface area contributed by atoms with Gasteiger partial charge in [0.1, 0.15) is 11.5 Å². The molecular formula is C37H58O2S2. The Hall–Kier alpha value is -1.26. The van der Waals surface area contributed by atoms with Crippen molar-refractivity contribution < 1.29 is 10.2 Å². The Morgan fingerprint density at radius 2 is 0.878 bits per heavy atom. The van der Waals surface area contributed by atoms with Gasteiger partial charge < -0.3 is 10.2 Å². The van der Waals surface area contributed by atoms with Gasteiger partial charge >= 0.3 is 0 Å². The maximum absolute atomic E-state index is 11.4. The van der Waals surface area contributed by atoms with Crippen molar-refractivity contribution in [2.45, 2.75) is 159 Å². The SMILES string of the molecule is CC(C)(C)c1cc(CS[C@@H]2CCCCC[C@H]2SCc2cc(C(C)(C)C)cc(C(C)(C)C)c2O)c(O)c(C(C)(C)C)c1. The van der Waals surface area contributed by atoms with E-state index in [0.717, 1.165) is 33.8 Å². The van der Waals surface area contributed by atoms with Gasteiger partial charge in [0.15, 0.2) is 0 Å². The topological polar surface area (TPSA) is 40.5 Å². The zero-order valence-electron chi connectivity index (χ0n) is 28.1. The molecule has 0 heterocycles. The maximum Gasteiger partial charge on any atom is 0.123 e. The lowest BCUT2D eigenvalue weighted by atomic mass is 9.79. The van der Waals surface area contributed by atoms with E-state index >= 15 is 0 Å². The van der Waals surface area contributed by atoms with Crippen LogP contribution in [0.1, 0.15) is 149 Å². The van der Waals surface area contributed by atoms with E-state index < -0.39 is 0 Å². The molecule has 0 bridgehead atoms. The fourth-order valence-corrected chi connectivity index (χ4v) is 8.70. The Bertz CT molecular complexity index is 1090. The van der Waals surface area contributed by atoms with Gasteiger partial charge in [-0.3, -0.25) is 0 Å². The van der Waals surface area contributed by atoms with Crippen LogP contribution in [-0.4, -0.2) is 20.7 Å². The van der Waals surface area contributed by atoms with Crippen molar-refractivity contribution in [1.29, 1.82) is 0 Å². The summed E-state index contributed by atoms with van der Waals surface area (Å²) >= 11 is 4.07. The molecule has 0 aromatic heterocycles. The zero-order valence-corrected chi connectivity index (χ0v) is 29.8. The molecule has 0 unspecified atom stereocenters. The first-order valence-corrected chi connectivity index (χ1v) is 17.8. The van der Waals surface area contributed by atoms with Crippen molar-refractivity contribution >= 4 is 23.5 Å². The lowest BCUT2D eigenvalue weighted by molar-refractivity contribution is 0.439. The van der Waals surface area contributed by atoms with Crippen LogP contribution in [0.15, 0.2) is 24.3 Å². The molecule has 1 aliphatic carbocycles. The van der Waals surface area contributed by atoms with Gasteiger partial charge in [-0.15, -0.1) is 0 Å². The van der Waals surface area contributed by atoms with E-state index in [9.17, 15) is 10.2 Å². The van der Waals surface area contributed by atoms with Crippen LogP contribution >= 0.6 is 23.5 Å². The molecule has 230 valence electrons. The molecule has 2 aromatic carbocycles. The van der Waals surface area contributed by atoms with Gasteiger partial charge in [0.25, 0.3) is 0 Å². The second-order valence-corrected chi connectivity index (χ2v) is 18.9. The third kappa shape index (κ3) is 8.88. The number of aromatic hydroxyl groups is 2. The van der Waals surface area contributed by atoms with Crippen LogP contribution < -0.4 is 0 Å². The molecule has 0 spiro atoms. The third-order valence-corrected chi connectivity index (χ3v) is 11.6. The molecule has 2 atom stereocenters. The lowest BCUT2D eigenvalue weighted by Gasteiger charge is -2.29. The molecular weight excluding hydrogens is 541 g/mol. The molecule has 41 heavy (non-hydrogen) atoms. The average molecular weight is 599 g/mol. The van der Waals surface area contributed by atoms with E-state index in [1.807, 2.05) is 23.5 Å². The Morgan fingerprint density at radius 1 is 0.537 bits per heavy atom. The Balaban J connectivity index is 1.87. The summed E-state index contributed by atoms with van der Waals surface area (Å²) in [6, 6.07) is 8.94. The molecule has 3 rings (SSSR count). The number of hydrogen-bond donors (Lipinski definition) is 2. The predicted octanol–water partition coefficient (Wildman–Crippen LogP) is 11.2. The molecule has 0 amide bonds. The van der Waals surface area contributed by atoms with Crippen LogP contribution in [0.5, 0.6) is 11.5 Å². The molecule has 1 aliphatic rings. The number of phenols is 2. The van der Waals surface area contributed by atoms with E-state index in [0.29, 0.717) is 22.0 Å². The minimum Gasteiger partial charge on any atom is -0.507 e. The van der Waals surface area contributed by atoms with E-state index in [2.05, 4.69) is 107 Å². The van der Waals surface area contributed by atoms with E-state index in [1.165, 1.54) is 43.2 Å². The summed E-state index contributed by atoms with van der Waals surface area (Å²) in [4.78, 5) is 0. The predicted molar refractivity (Wildman–Crippen MR) is 184 cm³/mol. The molecule has 2 N–H and O–H groups in total.